The standard InChI is InChI=1S/C22H22ClN5O3/c1-4-5-17-21(29)27(12-15-6-8-18(23)24-11-15)19-9-7-16(13-28(19)22(17)30)31-20-10-14(2)25-26(20)3/h6-11,13H,4-5,12H2,1-3H3. The van der Waals surface area contributed by atoms with E-state index in [-0.39, 0.29) is 23.5 Å². The first kappa shape index (κ1) is 20.9. The van der Waals surface area contributed by atoms with E-state index in [2.05, 4.69) is 10.1 Å². The van der Waals surface area contributed by atoms with Gasteiger partial charge in [0.1, 0.15) is 17.9 Å². The predicted octanol–water partition coefficient (Wildman–Crippen LogP) is 2.54. The molecule has 8 nitrogen and oxygen atoms in total. The number of aryl methyl sites for hydroxylation is 2. The van der Waals surface area contributed by atoms with Crippen LogP contribution in [0.4, 0.5) is 0 Å². The van der Waals surface area contributed by atoms with Gasteiger partial charge in [0.25, 0.3) is 5.65 Å². The molecule has 0 bridgehead atoms. The van der Waals surface area contributed by atoms with Crippen LogP contribution in [0.15, 0.2) is 47.5 Å². The Morgan fingerprint density at radius 2 is 2.06 bits per heavy atom. The second kappa shape index (κ2) is 8.39. The molecule has 9 heteroatoms. The Labute approximate surface area is 183 Å². The number of hydrogen-bond acceptors (Lipinski definition) is 5. The van der Waals surface area contributed by atoms with Crippen LogP contribution in [0.2, 0.25) is 5.15 Å². The van der Waals surface area contributed by atoms with Crippen molar-refractivity contribution in [3.8, 4) is 17.5 Å². The number of fused-ring (bicyclic) bond motifs is 1. The lowest BCUT2D eigenvalue weighted by Gasteiger charge is -2.17. The lowest BCUT2D eigenvalue weighted by Crippen LogP contribution is -2.45. The van der Waals surface area contributed by atoms with E-state index in [4.69, 9.17) is 16.3 Å². The van der Waals surface area contributed by atoms with Gasteiger partial charge in [-0.05, 0) is 25.5 Å². The number of pyridine rings is 2. The van der Waals surface area contributed by atoms with Gasteiger partial charge in [-0.15, -0.1) is 0 Å². The number of ether oxygens (including phenoxy) is 1. The highest BCUT2D eigenvalue weighted by Gasteiger charge is 2.20. The van der Waals surface area contributed by atoms with Crippen molar-refractivity contribution in [2.24, 2.45) is 7.05 Å². The molecule has 4 aromatic rings. The van der Waals surface area contributed by atoms with E-state index in [1.807, 2.05) is 26.0 Å². The van der Waals surface area contributed by atoms with Crippen molar-refractivity contribution in [2.75, 3.05) is 0 Å². The van der Waals surface area contributed by atoms with Gasteiger partial charge in [0.15, 0.2) is 5.75 Å². The highest BCUT2D eigenvalue weighted by Crippen LogP contribution is 2.22. The molecule has 4 rings (SSSR count). The van der Waals surface area contributed by atoms with Gasteiger partial charge in [-0.2, -0.15) is 9.50 Å². The summed E-state index contributed by atoms with van der Waals surface area (Å²) in [6, 6.07) is 8.73. The first-order chi connectivity index (χ1) is 14.9. The van der Waals surface area contributed by atoms with Crippen molar-refractivity contribution < 1.29 is 14.4 Å². The second-order valence-corrected chi connectivity index (χ2v) is 7.74. The van der Waals surface area contributed by atoms with Crippen molar-refractivity contribution in [1.82, 2.24) is 19.2 Å². The highest BCUT2D eigenvalue weighted by atomic mass is 35.5. The Balaban J connectivity index is 1.84. The number of rotatable bonds is 6. The largest absolute Gasteiger partial charge is 0.842 e. The Morgan fingerprint density at radius 1 is 1.26 bits per heavy atom. The summed E-state index contributed by atoms with van der Waals surface area (Å²) in [5, 5.41) is 17.8. The molecule has 0 aliphatic heterocycles. The van der Waals surface area contributed by atoms with Crippen LogP contribution in [-0.2, 0) is 20.0 Å². The minimum absolute atomic E-state index is 0.246. The number of nitrogens with zero attached hydrogens (tertiary/aromatic N) is 5. The fourth-order valence-electron chi connectivity index (χ4n) is 3.52. The molecule has 4 heterocycles. The van der Waals surface area contributed by atoms with Crippen LogP contribution in [0, 0.1) is 6.92 Å². The van der Waals surface area contributed by atoms with Gasteiger partial charge < -0.3 is 9.84 Å². The average Bonchev–Trinajstić information content (AvgIpc) is 3.06. The molecular formula is C22H22ClN5O3. The molecule has 0 aliphatic carbocycles. The Morgan fingerprint density at radius 3 is 2.71 bits per heavy atom. The van der Waals surface area contributed by atoms with Crippen LogP contribution in [0.3, 0.4) is 0 Å². The minimum atomic E-state index is -0.334. The molecular weight excluding hydrogens is 418 g/mol. The maximum atomic E-state index is 13.1. The first-order valence-corrected chi connectivity index (χ1v) is 10.3. The summed E-state index contributed by atoms with van der Waals surface area (Å²) in [4.78, 5) is 17.2. The van der Waals surface area contributed by atoms with E-state index >= 15 is 0 Å². The summed E-state index contributed by atoms with van der Waals surface area (Å²) in [6.07, 6.45) is 4.31. The van der Waals surface area contributed by atoms with Gasteiger partial charge in [0.2, 0.25) is 5.88 Å². The topological polar surface area (TPSA) is 88.4 Å². The third-order valence-corrected chi connectivity index (χ3v) is 5.19. The van der Waals surface area contributed by atoms with E-state index in [9.17, 15) is 9.90 Å². The molecule has 0 N–H and O–H groups in total. The summed E-state index contributed by atoms with van der Waals surface area (Å²) >= 11 is 5.88. The zero-order valence-electron chi connectivity index (χ0n) is 17.5. The van der Waals surface area contributed by atoms with Gasteiger partial charge in [0.05, 0.1) is 17.1 Å². The third-order valence-electron chi connectivity index (χ3n) is 4.97. The summed E-state index contributed by atoms with van der Waals surface area (Å²) in [5.74, 6) is 0.732. The minimum Gasteiger partial charge on any atom is -0.842 e. The molecule has 0 amide bonds. The molecule has 160 valence electrons. The van der Waals surface area contributed by atoms with Crippen LogP contribution in [0.5, 0.6) is 17.5 Å². The molecule has 0 aromatic carbocycles. The summed E-state index contributed by atoms with van der Waals surface area (Å²) in [5.41, 5.74) is 2.01. The van der Waals surface area contributed by atoms with Crippen LogP contribution in [0.1, 0.15) is 30.2 Å². The van der Waals surface area contributed by atoms with Crippen molar-refractivity contribution >= 4 is 17.2 Å². The SMILES string of the molecule is CCCc1c([O-])[n+](Cc2ccc(Cl)nc2)c2ccc(Oc3cc(C)nn3C)cn2c1=O. The van der Waals surface area contributed by atoms with E-state index < -0.39 is 0 Å². The molecule has 0 spiro atoms. The van der Waals surface area contributed by atoms with Crippen LogP contribution in [-0.4, -0.2) is 19.2 Å². The molecule has 0 aliphatic rings. The second-order valence-electron chi connectivity index (χ2n) is 7.36. The van der Waals surface area contributed by atoms with Gasteiger partial charge in [0, 0.05) is 30.9 Å². The first-order valence-electron chi connectivity index (χ1n) is 9.94. The zero-order chi connectivity index (χ0) is 22.1. The Hall–Kier alpha value is -3.39. The van der Waals surface area contributed by atoms with Crippen molar-refractivity contribution in [1.29, 1.82) is 0 Å². The average molecular weight is 440 g/mol. The quantitative estimate of drug-likeness (QED) is 0.340. The van der Waals surface area contributed by atoms with E-state index in [0.29, 0.717) is 35.3 Å². The maximum Gasteiger partial charge on any atom is 0.344 e. The normalized spacial score (nSPS) is 11.2. The van der Waals surface area contributed by atoms with E-state index in [1.165, 1.54) is 4.40 Å². The monoisotopic (exact) mass is 439 g/mol. The number of aromatic nitrogens is 5. The smallest absolute Gasteiger partial charge is 0.344 e. The molecule has 31 heavy (non-hydrogen) atoms. The van der Waals surface area contributed by atoms with Gasteiger partial charge in [-0.25, -0.2) is 19.0 Å². The summed E-state index contributed by atoms with van der Waals surface area (Å²) in [7, 11) is 1.78. The van der Waals surface area contributed by atoms with E-state index in [1.54, 1.807) is 46.9 Å². The fourth-order valence-corrected chi connectivity index (χ4v) is 3.63. The molecule has 0 atom stereocenters. The van der Waals surface area contributed by atoms with Gasteiger partial charge >= 0.3 is 5.56 Å². The number of halogens is 1. The van der Waals surface area contributed by atoms with E-state index in [0.717, 1.165) is 11.3 Å². The molecule has 0 unspecified atom stereocenters. The van der Waals surface area contributed by atoms with Crippen LogP contribution < -0.4 is 20.0 Å². The molecule has 4 aromatic heterocycles. The summed E-state index contributed by atoms with van der Waals surface area (Å²) < 4.78 is 10.6. The maximum absolute atomic E-state index is 13.1. The highest BCUT2D eigenvalue weighted by molar-refractivity contribution is 6.29. The van der Waals surface area contributed by atoms with Gasteiger partial charge in [-0.3, -0.25) is 0 Å². The lowest BCUT2D eigenvalue weighted by atomic mass is 10.1. The summed E-state index contributed by atoms with van der Waals surface area (Å²) in [6.45, 7) is 4.08. The Bertz CT molecular complexity index is 1310. The van der Waals surface area contributed by atoms with Crippen molar-refractivity contribution in [2.45, 2.75) is 33.2 Å². The predicted molar refractivity (Wildman–Crippen MR) is 114 cm³/mol. The van der Waals surface area contributed by atoms with Crippen LogP contribution >= 0.6 is 11.6 Å². The molecule has 0 saturated heterocycles. The number of hydrogen-bond donors (Lipinski definition) is 0. The molecule has 0 fully saturated rings. The van der Waals surface area contributed by atoms with Gasteiger partial charge in [-0.1, -0.05) is 31.0 Å². The fraction of sp³-hybridized carbons (Fsp3) is 0.273. The zero-order valence-corrected chi connectivity index (χ0v) is 18.3. The van der Waals surface area contributed by atoms with Crippen molar-refractivity contribution in [3.05, 3.63) is 75.1 Å². The molecule has 0 radical (unpaired) electrons. The van der Waals surface area contributed by atoms with Crippen LogP contribution in [0.25, 0.3) is 5.65 Å². The lowest BCUT2D eigenvalue weighted by molar-refractivity contribution is -0.709. The third kappa shape index (κ3) is 4.11. The molecule has 0 saturated carbocycles. The Kier molecular flexibility index (Phi) is 5.65. The van der Waals surface area contributed by atoms with Crippen molar-refractivity contribution in [3.63, 3.8) is 0 Å².